The van der Waals surface area contributed by atoms with Crippen molar-refractivity contribution in [1.29, 1.82) is 0 Å². The van der Waals surface area contributed by atoms with Crippen LogP contribution in [0.1, 0.15) is 23.0 Å². The standard InChI is InChI=1S/C18H17ClFN5O2/c19-13-8-12(6-7-14(13)20)23-18(21)17-15(24-27-25-17)9-22-16(10-26)11-4-2-1-3-5-11/h1-8,16,22,26H,9-10H2,(H2,21,23)/t16-/m0/s1. The molecule has 7 nitrogen and oxygen atoms in total. The van der Waals surface area contributed by atoms with Crippen molar-refractivity contribution >= 4 is 23.1 Å². The van der Waals surface area contributed by atoms with Crippen LogP contribution < -0.4 is 11.1 Å². The molecule has 0 aliphatic heterocycles. The lowest BCUT2D eigenvalue weighted by Gasteiger charge is -2.15. The van der Waals surface area contributed by atoms with Gasteiger partial charge in [0.2, 0.25) is 0 Å². The summed E-state index contributed by atoms with van der Waals surface area (Å²) in [5.74, 6) is -0.492. The van der Waals surface area contributed by atoms with Crippen LogP contribution in [0.2, 0.25) is 5.02 Å². The van der Waals surface area contributed by atoms with Gasteiger partial charge in [-0.2, -0.15) is 0 Å². The van der Waals surface area contributed by atoms with E-state index in [4.69, 9.17) is 22.0 Å². The maximum atomic E-state index is 13.2. The van der Waals surface area contributed by atoms with Gasteiger partial charge in [-0.15, -0.1) is 0 Å². The Labute approximate surface area is 159 Å². The molecule has 0 unspecified atom stereocenters. The summed E-state index contributed by atoms with van der Waals surface area (Å²) in [7, 11) is 0. The molecule has 2 aromatic carbocycles. The smallest absolute Gasteiger partial charge is 0.174 e. The molecule has 0 aliphatic carbocycles. The van der Waals surface area contributed by atoms with Gasteiger partial charge in [0.25, 0.3) is 0 Å². The van der Waals surface area contributed by atoms with E-state index in [2.05, 4.69) is 20.6 Å². The summed E-state index contributed by atoms with van der Waals surface area (Å²) >= 11 is 5.75. The Kier molecular flexibility index (Phi) is 6.12. The van der Waals surface area contributed by atoms with Crippen LogP contribution in [0.4, 0.5) is 10.1 Å². The number of rotatable bonds is 7. The summed E-state index contributed by atoms with van der Waals surface area (Å²) < 4.78 is 18.0. The molecule has 0 amide bonds. The molecule has 4 N–H and O–H groups in total. The fourth-order valence-electron chi connectivity index (χ4n) is 2.46. The van der Waals surface area contributed by atoms with Crippen molar-refractivity contribution < 1.29 is 14.1 Å². The monoisotopic (exact) mass is 389 g/mol. The summed E-state index contributed by atoms with van der Waals surface area (Å²) in [6.07, 6.45) is 0. The van der Waals surface area contributed by atoms with E-state index in [0.717, 1.165) is 5.56 Å². The highest BCUT2D eigenvalue weighted by atomic mass is 35.5. The Bertz CT molecular complexity index is 933. The highest BCUT2D eigenvalue weighted by molar-refractivity contribution is 6.31. The van der Waals surface area contributed by atoms with Crippen molar-refractivity contribution in [3.05, 3.63) is 76.3 Å². The number of halogens is 2. The first kappa shape index (κ1) is 19.0. The van der Waals surface area contributed by atoms with E-state index in [1.807, 2.05) is 30.3 Å². The van der Waals surface area contributed by atoms with E-state index in [0.29, 0.717) is 11.4 Å². The molecule has 9 heteroatoms. The second-order valence-corrected chi connectivity index (χ2v) is 6.09. The Morgan fingerprint density at radius 1 is 1.26 bits per heavy atom. The van der Waals surface area contributed by atoms with Crippen molar-refractivity contribution in [2.24, 2.45) is 10.7 Å². The van der Waals surface area contributed by atoms with Crippen LogP contribution in [0.3, 0.4) is 0 Å². The van der Waals surface area contributed by atoms with E-state index < -0.39 is 5.82 Å². The summed E-state index contributed by atoms with van der Waals surface area (Å²) in [4.78, 5) is 4.17. The number of hydrogen-bond acceptors (Lipinski definition) is 6. The lowest BCUT2D eigenvalue weighted by atomic mass is 10.1. The zero-order valence-corrected chi connectivity index (χ0v) is 14.9. The van der Waals surface area contributed by atoms with E-state index in [1.165, 1.54) is 18.2 Å². The van der Waals surface area contributed by atoms with Crippen LogP contribution in [-0.2, 0) is 6.54 Å². The second kappa shape index (κ2) is 8.72. The van der Waals surface area contributed by atoms with Gasteiger partial charge in [-0.05, 0) is 28.9 Å². The molecule has 1 atom stereocenters. The fraction of sp³-hybridized carbons (Fsp3) is 0.167. The van der Waals surface area contributed by atoms with Crippen molar-refractivity contribution in [2.45, 2.75) is 12.6 Å². The predicted octanol–water partition coefficient (Wildman–Crippen LogP) is 2.72. The summed E-state index contributed by atoms with van der Waals surface area (Å²) in [6, 6.07) is 13.2. The normalized spacial score (nSPS) is 12.9. The summed E-state index contributed by atoms with van der Waals surface area (Å²) in [6.45, 7) is 0.154. The number of benzene rings is 2. The van der Waals surface area contributed by atoms with E-state index in [-0.39, 0.29) is 35.7 Å². The molecule has 1 heterocycles. The van der Waals surface area contributed by atoms with Gasteiger partial charge in [-0.25, -0.2) is 14.0 Å². The molecular formula is C18H17ClFN5O2. The third kappa shape index (κ3) is 4.68. The quantitative estimate of drug-likeness (QED) is 0.423. The lowest BCUT2D eigenvalue weighted by Crippen LogP contribution is -2.26. The van der Waals surface area contributed by atoms with Crippen LogP contribution in [-0.4, -0.2) is 27.9 Å². The number of nitrogens with two attached hydrogens (primary N) is 1. The topological polar surface area (TPSA) is 110 Å². The molecule has 140 valence electrons. The first-order valence-electron chi connectivity index (χ1n) is 8.08. The van der Waals surface area contributed by atoms with Crippen molar-refractivity contribution in [3.63, 3.8) is 0 Å². The number of hydrogen-bond donors (Lipinski definition) is 3. The fourth-order valence-corrected chi connectivity index (χ4v) is 2.63. The number of aliphatic imine (C=N–C) groups is 1. The Balaban J connectivity index is 1.75. The molecular weight excluding hydrogens is 373 g/mol. The number of aromatic nitrogens is 2. The maximum absolute atomic E-state index is 13.2. The zero-order valence-electron chi connectivity index (χ0n) is 14.1. The SMILES string of the molecule is NC(=Nc1ccc(F)c(Cl)c1)c1nonc1CN[C@@H](CO)c1ccccc1. The summed E-state index contributed by atoms with van der Waals surface area (Å²) in [5, 5.41) is 20.3. The molecule has 0 saturated carbocycles. The molecule has 0 radical (unpaired) electrons. The van der Waals surface area contributed by atoms with Gasteiger partial charge >= 0.3 is 0 Å². The van der Waals surface area contributed by atoms with Crippen molar-refractivity contribution in [3.8, 4) is 0 Å². The molecule has 3 aromatic rings. The molecule has 0 spiro atoms. The molecule has 1 aromatic heterocycles. The summed E-state index contributed by atoms with van der Waals surface area (Å²) in [5.41, 5.74) is 7.98. The minimum Gasteiger partial charge on any atom is -0.394 e. The van der Waals surface area contributed by atoms with Crippen molar-refractivity contribution in [1.82, 2.24) is 15.6 Å². The minimum atomic E-state index is -0.543. The first-order valence-corrected chi connectivity index (χ1v) is 8.46. The average Bonchev–Trinajstić information content (AvgIpc) is 3.15. The number of aliphatic hydroxyl groups excluding tert-OH is 1. The van der Waals surface area contributed by atoms with Crippen LogP contribution in [0, 0.1) is 5.82 Å². The second-order valence-electron chi connectivity index (χ2n) is 5.68. The van der Waals surface area contributed by atoms with Gasteiger partial charge in [-0.1, -0.05) is 47.1 Å². The number of amidine groups is 1. The Hall–Kier alpha value is -2.81. The van der Waals surface area contributed by atoms with Crippen LogP contribution in [0.15, 0.2) is 58.2 Å². The van der Waals surface area contributed by atoms with Gasteiger partial charge < -0.3 is 16.2 Å². The number of aliphatic hydroxyl groups is 1. The number of nitrogens with one attached hydrogen (secondary N) is 1. The van der Waals surface area contributed by atoms with E-state index >= 15 is 0 Å². The van der Waals surface area contributed by atoms with E-state index in [9.17, 15) is 9.50 Å². The predicted molar refractivity (Wildman–Crippen MR) is 99.2 cm³/mol. The highest BCUT2D eigenvalue weighted by Gasteiger charge is 2.17. The van der Waals surface area contributed by atoms with Crippen LogP contribution in [0.25, 0.3) is 0 Å². The molecule has 0 aliphatic rings. The highest BCUT2D eigenvalue weighted by Crippen LogP contribution is 2.22. The van der Waals surface area contributed by atoms with Gasteiger partial charge in [0.15, 0.2) is 11.5 Å². The number of nitrogens with zero attached hydrogens (tertiary/aromatic N) is 3. The lowest BCUT2D eigenvalue weighted by molar-refractivity contribution is 0.242. The zero-order chi connectivity index (χ0) is 19.2. The molecule has 27 heavy (non-hydrogen) atoms. The van der Waals surface area contributed by atoms with Crippen LogP contribution in [0.5, 0.6) is 0 Å². The third-order valence-corrected chi connectivity index (χ3v) is 4.14. The largest absolute Gasteiger partial charge is 0.394 e. The van der Waals surface area contributed by atoms with Crippen molar-refractivity contribution in [2.75, 3.05) is 6.61 Å². The Morgan fingerprint density at radius 3 is 2.74 bits per heavy atom. The third-order valence-electron chi connectivity index (χ3n) is 3.85. The average molecular weight is 390 g/mol. The van der Waals surface area contributed by atoms with E-state index in [1.54, 1.807) is 0 Å². The van der Waals surface area contributed by atoms with Gasteiger partial charge in [0.05, 0.1) is 23.4 Å². The molecule has 3 rings (SSSR count). The van der Waals surface area contributed by atoms with Crippen LogP contribution >= 0.6 is 11.6 Å². The van der Waals surface area contributed by atoms with Gasteiger partial charge in [0.1, 0.15) is 11.5 Å². The van der Waals surface area contributed by atoms with Gasteiger partial charge in [0, 0.05) is 6.54 Å². The molecule has 0 bridgehead atoms. The first-order chi connectivity index (χ1) is 13.1. The van der Waals surface area contributed by atoms with Gasteiger partial charge in [-0.3, -0.25) is 0 Å². The Morgan fingerprint density at radius 2 is 2.04 bits per heavy atom. The minimum absolute atomic E-state index is 0.0518. The molecule has 0 fully saturated rings. The molecule has 0 saturated heterocycles. The maximum Gasteiger partial charge on any atom is 0.174 e.